The topological polar surface area (TPSA) is 58.3 Å². The van der Waals surface area contributed by atoms with Crippen LogP contribution >= 0.6 is 35.6 Å². The Balaban J connectivity index is 0.00000121. The average Bonchev–Trinajstić information content (AvgIpc) is 1.97. The summed E-state index contributed by atoms with van der Waals surface area (Å²) in [6.45, 7) is 0. The maximum absolute atomic E-state index is 9.07. The highest BCUT2D eigenvalue weighted by molar-refractivity contribution is 6.37. The summed E-state index contributed by atoms with van der Waals surface area (Å²) in [5, 5.41) is 9.64. The number of nitrogen functional groups attached to an aromatic ring is 1. The van der Waals surface area contributed by atoms with Crippen LogP contribution in [0.4, 0.5) is 5.69 Å². The van der Waals surface area contributed by atoms with Crippen LogP contribution < -0.4 is 11.3 Å². The Morgan fingerprint density at radius 3 is 2.33 bits per heavy atom. The van der Waals surface area contributed by atoms with Crippen LogP contribution in [0.25, 0.3) is 0 Å². The third-order valence-electron chi connectivity index (χ3n) is 1.19. The van der Waals surface area contributed by atoms with Crippen LogP contribution in [0.2, 0.25) is 10.0 Å². The lowest BCUT2D eigenvalue weighted by atomic mass is 10.3. The number of anilines is 1. The number of hydrazine groups is 1. The lowest BCUT2D eigenvalue weighted by Crippen LogP contribution is -2.06. The van der Waals surface area contributed by atoms with Crippen LogP contribution in [-0.4, -0.2) is 5.11 Å². The number of nitrogens with two attached hydrogens (primary N) is 1. The van der Waals surface area contributed by atoms with Crippen molar-refractivity contribution in [1.29, 1.82) is 0 Å². The van der Waals surface area contributed by atoms with E-state index in [4.69, 9.17) is 34.2 Å². The Hall–Kier alpha value is -0.350. The number of benzene rings is 1. The molecule has 6 heteroatoms. The molecule has 0 spiro atoms. The van der Waals surface area contributed by atoms with Crippen molar-refractivity contribution in [3.8, 4) is 5.75 Å². The minimum atomic E-state index is -0.0518. The first-order valence-corrected chi connectivity index (χ1v) is 3.55. The van der Waals surface area contributed by atoms with Crippen LogP contribution in [0.5, 0.6) is 5.75 Å². The normalized spacial score (nSPS) is 8.92. The molecule has 1 aromatic rings. The van der Waals surface area contributed by atoms with Gasteiger partial charge in [-0.3, -0.25) is 5.84 Å². The second-order valence-electron chi connectivity index (χ2n) is 1.93. The van der Waals surface area contributed by atoms with Crippen LogP contribution in [0.15, 0.2) is 12.1 Å². The maximum atomic E-state index is 9.07. The van der Waals surface area contributed by atoms with E-state index in [0.29, 0.717) is 10.7 Å². The molecule has 4 N–H and O–H groups in total. The van der Waals surface area contributed by atoms with Gasteiger partial charge in [-0.2, -0.15) is 0 Å². The zero-order valence-corrected chi connectivity index (χ0v) is 8.17. The number of phenolic OH excluding ortho intramolecular Hbond substituents is 1. The number of phenols is 1. The van der Waals surface area contributed by atoms with Gasteiger partial charge in [0.25, 0.3) is 0 Å². The zero-order chi connectivity index (χ0) is 8.43. The van der Waals surface area contributed by atoms with E-state index < -0.39 is 0 Å². The predicted molar refractivity (Wildman–Crippen MR) is 53.2 cm³/mol. The molecule has 0 amide bonds. The van der Waals surface area contributed by atoms with E-state index in [1.807, 2.05) is 0 Å². The second-order valence-corrected chi connectivity index (χ2v) is 2.74. The molecule has 0 aliphatic heterocycles. The fraction of sp³-hybridized carbons (Fsp3) is 0. The van der Waals surface area contributed by atoms with Crippen LogP contribution in [0.1, 0.15) is 0 Å². The van der Waals surface area contributed by atoms with Gasteiger partial charge in [-0.1, -0.05) is 23.2 Å². The number of hydrogen-bond donors (Lipinski definition) is 3. The molecule has 0 aliphatic carbocycles. The largest absolute Gasteiger partial charge is 0.506 e. The molecule has 0 unspecified atom stereocenters. The predicted octanol–water partition coefficient (Wildman–Crippen LogP) is 2.41. The molecule has 0 fully saturated rings. The molecule has 68 valence electrons. The van der Waals surface area contributed by atoms with Gasteiger partial charge in [0.2, 0.25) is 0 Å². The highest BCUT2D eigenvalue weighted by Gasteiger charge is 2.03. The minimum absolute atomic E-state index is 0. The summed E-state index contributed by atoms with van der Waals surface area (Å²) in [6.07, 6.45) is 0. The highest BCUT2D eigenvalue weighted by Crippen LogP contribution is 2.32. The smallest absolute Gasteiger partial charge is 0.136 e. The molecule has 0 aliphatic rings. The SMILES string of the molecule is Cl.NNc1cc(O)c(Cl)cc1Cl. The quantitative estimate of drug-likeness (QED) is 0.512. The van der Waals surface area contributed by atoms with Gasteiger partial charge in [-0.25, -0.2) is 0 Å². The summed E-state index contributed by atoms with van der Waals surface area (Å²) in [7, 11) is 0. The third kappa shape index (κ3) is 2.32. The van der Waals surface area contributed by atoms with E-state index in [0.717, 1.165) is 0 Å². The first-order valence-electron chi connectivity index (χ1n) is 2.79. The fourth-order valence-electron chi connectivity index (χ4n) is 0.648. The monoisotopic (exact) mass is 228 g/mol. The van der Waals surface area contributed by atoms with E-state index in [2.05, 4.69) is 5.43 Å². The molecule has 0 heterocycles. The lowest BCUT2D eigenvalue weighted by molar-refractivity contribution is 0.476. The zero-order valence-electron chi connectivity index (χ0n) is 5.84. The summed E-state index contributed by atoms with van der Waals surface area (Å²) in [4.78, 5) is 0. The summed E-state index contributed by atoms with van der Waals surface area (Å²) in [6, 6.07) is 2.76. The molecule has 0 radical (unpaired) electrons. The molecule has 0 aromatic heterocycles. The van der Waals surface area contributed by atoms with E-state index in [9.17, 15) is 0 Å². The first kappa shape index (κ1) is 11.6. The summed E-state index contributed by atoms with van der Waals surface area (Å²) in [5.74, 6) is 5.03. The van der Waals surface area contributed by atoms with Gasteiger partial charge < -0.3 is 10.5 Å². The maximum Gasteiger partial charge on any atom is 0.136 e. The molecule has 0 saturated carbocycles. The van der Waals surface area contributed by atoms with Gasteiger partial charge in [0.1, 0.15) is 5.75 Å². The van der Waals surface area contributed by atoms with E-state index >= 15 is 0 Å². The van der Waals surface area contributed by atoms with Crippen molar-refractivity contribution in [1.82, 2.24) is 0 Å². The van der Waals surface area contributed by atoms with Gasteiger partial charge >= 0.3 is 0 Å². The van der Waals surface area contributed by atoms with Gasteiger partial charge in [0, 0.05) is 6.07 Å². The van der Waals surface area contributed by atoms with Crippen LogP contribution in [0.3, 0.4) is 0 Å². The fourth-order valence-corrected chi connectivity index (χ4v) is 1.09. The molecule has 0 saturated heterocycles. The van der Waals surface area contributed by atoms with Gasteiger partial charge in [-0.05, 0) is 6.07 Å². The Labute approximate surface area is 85.8 Å². The van der Waals surface area contributed by atoms with Crippen molar-refractivity contribution in [3.05, 3.63) is 22.2 Å². The number of aromatic hydroxyl groups is 1. The van der Waals surface area contributed by atoms with Gasteiger partial charge in [-0.15, -0.1) is 12.4 Å². The van der Waals surface area contributed by atoms with Crippen molar-refractivity contribution < 1.29 is 5.11 Å². The van der Waals surface area contributed by atoms with Crippen molar-refractivity contribution >= 4 is 41.3 Å². The Bertz CT molecular complexity index is 280. The summed E-state index contributed by atoms with van der Waals surface area (Å²) >= 11 is 11.2. The molecule has 12 heavy (non-hydrogen) atoms. The Morgan fingerprint density at radius 2 is 1.83 bits per heavy atom. The number of hydrogen-bond acceptors (Lipinski definition) is 3. The molecule has 0 atom stereocenters. The van der Waals surface area contributed by atoms with Crippen molar-refractivity contribution in [2.24, 2.45) is 5.84 Å². The Kier molecular flexibility index (Phi) is 4.49. The van der Waals surface area contributed by atoms with E-state index in [1.54, 1.807) is 0 Å². The summed E-state index contributed by atoms with van der Waals surface area (Å²) < 4.78 is 0. The van der Waals surface area contributed by atoms with Crippen LogP contribution in [-0.2, 0) is 0 Å². The average molecular weight is 229 g/mol. The minimum Gasteiger partial charge on any atom is -0.506 e. The van der Waals surface area contributed by atoms with Gasteiger partial charge in [0.15, 0.2) is 0 Å². The van der Waals surface area contributed by atoms with Crippen molar-refractivity contribution in [2.45, 2.75) is 0 Å². The number of halogens is 3. The van der Waals surface area contributed by atoms with E-state index in [1.165, 1.54) is 12.1 Å². The second kappa shape index (κ2) is 4.62. The standard InChI is InChI=1S/C6H6Cl2N2O.ClH/c7-3-1-4(8)6(11)2-5(3)10-9;/h1-2,10-11H,9H2;1H. The molecule has 0 bridgehead atoms. The highest BCUT2D eigenvalue weighted by atomic mass is 35.5. The Morgan fingerprint density at radius 1 is 1.25 bits per heavy atom. The third-order valence-corrected chi connectivity index (χ3v) is 1.81. The van der Waals surface area contributed by atoms with Crippen molar-refractivity contribution in [3.63, 3.8) is 0 Å². The first-order chi connectivity index (χ1) is 5.15. The molecule has 1 aromatic carbocycles. The lowest BCUT2D eigenvalue weighted by Gasteiger charge is -2.04. The molecule has 1 rings (SSSR count). The molecular formula is C6H7Cl3N2O. The van der Waals surface area contributed by atoms with Gasteiger partial charge in [0.05, 0.1) is 15.7 Å². The number of rotatable bonds is 1. The molecule has 3 nitrogen and oxygen atoms in total. The van der Waals surface area contributed by atoms with E-state index in [-0.39, 0.29) is 23.2 Å². The summed E-state index contributed by atoms with van der Waals surface area (Å²) in [5.41, 5.74) is 2.75. The van der Waals surface area contributed by atoms with Crippen molar-refractivity contribution in [2.75, 3.05) is 5.43 Å². The number of nitrogens with one attached hydrogen (secondary N) is 1. The molecular weight excluding hydrogens is 222 g/mol. The van der Waals surface area contributed by atoms with Crippen LogP contribution in [0, 0.1) is 0 Å².